The molecule has 20 heavy (non-hydrogen) atoms. The number of hydrogen-bond acceptors (Lipinski definition) is 2. The Morgan fingerprint density at radius 1 is 0.850 bits per heavy atom. The summed E-state index contributed by atoms with van der Waals surface area (Å²) in [5.41, 5.74) is 2.52. The van der Waals surface area contributed by atoms with Crippen molar-refractivity contribution >= 4 is 0 Å². The van der Waals surface area contributed by atoms with Gasteiger partial charge in [-0.25, -0.2) is 0 Å². The summed E-state index contributed by atoms with van der Waals surface area (Å²) in [6, 6.07) is 15.0. The van der Waals surface area contributed by atoms with Crippen molar-refractivity contribution in [3.8, 4) is 11.5 Å². The molecule has 0 radical (unpaired) electrons. The van der Waals surface area contributed by atoms with Gasteiger partial charge in [0.05, 0.1) is 0 Å². The van der Waals surface area contributed by atoms with Gasteiger partial charge in [-0.1, -0.05) is 38.1 Å². The Morgan fingerprint density at radius 3 is 1.85 bits per heavy atom. The van der Waals surface area contributed by atoms with E-state index in [-0.39, 0.29) is 0 Å². The molecule has 0 aliphatic rings. The predicted molar refractivity (Wildman–Crippen MR) is 82.1 cm³/mol. The Labute approximate surface area is 120 Å². The molecule has 0 fully saturated rings. The Kier molecular flexibility index (Phi) is 4.67. The molecule has 2 aromatic carbocycles. The maximum atomic E-state index is 9.39. The lowest BCUT2D eigenvalue weighted by Gasteiger charge is -2.23. The molecule has 2 atom stereocenters. The molecule has 0 amide bonds. The lowest BCUT2D eigenvalue weighted by Crippen LogP contribution is -2.11. The van der Waals surface area contributed by atoms with Gasteiger partial charge in [-0.15, -0.1) is 0 Å². The van der Waals surface area contributed by atoms with E-state index in [4.69, 9.17) is 0 Å². The summed E-state index contributed by atoms with van der Waals surface area (Å²) >= 11 is 0. The Hall–Kier alpha value is -1.96. The molecule has 0 bridgehead atoms. The predicted octanol–water partition coefficient (Wildman–Crippen LogP) is 4.47. The minimum Gasteiger partial charge on any atom is -0.508 e. The van der Waals surface area contributed by atoms with Gasteiger partial charge in [0.1, 0.15) is 11.5 Å². The minimum absolute atomic E-state index is 0.312. The highest BCUT2D eigenvalue weighted by Gasteiger charge is 2.18. The van der Waals surface area contributed by atoms with Gasteiger partial charge in [0.2, 0.25) is 0 Å². The van der Waals surface area contributed by atoms with Crippen molar-refractivity contribution in [2.24, 2.45) is 5.92 Å². The summed E-state index contributed by atoms with van der Waals surface area (Å²) in [5.74, 6) is 1.61. The molecule has 0 saturated carbocycles. The second kappa shape index (κ2) is 6.47. The summed E-state index contributed by atoms with van der Waals surface area (Å²) in [5, 5.41) is 18.7. The van der Waals surface area contributed by atoms with Crippen LogP contribution in [-0.4, -0.2) is 10.2 Å². The van der Waals surface area contributed by atoms with Crippen LogP contribution in [0.25, 0.3) is 0 Å². The van der Waals surface area contributed by atoms with Crippen molar-refractivity contribution in [1.29, 1.82) is 0 Å². The van der Waals surface area contributed by atoms with Gasteiger partial charge >= 0.3 is 0 Å². The van der Waals surface area contributed by atoms with Crippen LogP contribution in [0.5, 0.6) is 11.5 Å². The van der Waals surface area contributed by atoms with E-state index in [0.717, 1.165) is 12.8 Å². The Balaban J connectivity index is 2.10. The molecular weight excluding hydrogens is 248 g/mol. The van der Waals surface area contributed by atoms with Gasteiger partial charge in [-0.05, 0) is 60.1 Å². The highest BCUT2D eigenvalue weighted by Crippen LogP contribution is 2.31. The lowest BCUT2D eigenvalue weighted by molar-refractivity contribution is 0.441. The normalized spacial score (nSPS) is 13.9. The van der Waals surface area contributed by atoms with Crippen LogP contribution in [0.4, 0.5) is 0 Å². The molecule has 2 rings (SSSR count). The molecule has 106 valence electrons. The SMILES string of the molecule is CC[C@@H](c1ccc(O)cc1)[C@H](C)Cc1ccc(O)cc1. The smallest absolute Gasteiger partial charge is 0.115 e. The van der Waals surface area contributed by atoms with Crippen molar-refractivity contribution in [1.82, 2.24) is 0 Å². The molecule has 2 N–H and O–H groups in total. The Morgan fingerprint density at radius 2 is 1.35 bits per heavy atom. The fourth-order valence-electron chi connectivity index (χ4n) is 2.83. The van der Waals surface area contributed by atoms with Crippen LogP contribution in [0.15, 0.2) is 48.5 Å². The van der Waals surface area contributed by atoms with E-state index in [0.29, 0.717) is 23.3 Å². The number of rotatable bonds is 5. The summed E-state index contributed by atoms with van der Waals surface area (Å²) in [6.07, 6.45) is 2.06. The topological polar surface area (TPSA) is 40.5 Å². The zero-order valence-corrected chi connectivity index (χ0v) is 12.1. The van der Waals surface area contributed by atoms with Gasteiger partial charge in [0.15, 0.2) is 0 Å². The van der Waals surface area contributed by atoms with Crippen LogP contribution < -0.4 is 0 Å². The number of phenolic OH excluding ortho intramolecular Hbond substituents is 2. The fourth-order valence-corrected chi connectivity index (χ4v) is 2.83. The third kappa shape index (κ3) is 3.53. The molecule has 0 aliphatic carbocycles. The standard InChI is InChI=1S/C18H22O2/c1-3-18(15-6-10-17(20)11-7-15)13(2)12-14-4-8-16(19)9-5-14/h4-11,13,18-20H,3,12H2,1-2H3/t13-,18-/m1/s1. The zero-order chi connectivity index (χ0) is 14.5. The molecule has 0 aliphatic heterocycles. The third-order valence-corrected chi connectivity index (χ3v) is 3.94. The molecule has 2 nitrogen and oxygen atoms in total. The fraction of sp³-hybridized carbons (Fsp3) is 0.333. The van der Waals surface area contributed by atoms with Crippen LogP contribution in [0, 0.1) is 5.92 Å². The van der Waals surface area contributed by atoms with Crippen molar-refractivity contribution in [2.75, 3.05) is 0 Å². The summed E-state index contributed by atoms with van der Waals surface area (Å²) in [6.45, 7) is 4.46. The van der Waals surface area contributed by atoms with E-state index in [2.05, 4.69) is 13.8 Å². The molecule has 2 heteroatoms. The maximum absolute atomic E-state index is 9.39. The Bertz CT molecular complexity index is 528. The molecule has 0 unspecified atom stereocenters. The summed E-state index contributed by atoms with van der Waals surface area (Å²) in [4.78, 5) is 0. The molecule has 0 aromatic heterocycles. The highest BCUT2D eigenvalue weighted by molar-refractivity contribution is 5.30. The van der Waals surface area contributed by atoms with E-state index < -0.39 is 0 Å². The van der Waals surface area contributed by atoms with Gasteiger partial charge < -0.3 is 10.2 Å². The monoisotopic (exact) mass is 270 g/mol. The van der Waals surface area contributed by atoms with Crippen LogP contribution in [0.2, 0.25) is 0 Å². The van der Waals surface area contributed by atoms with Gasteiger partial charge in [-0.3, -0.25) is 0 Å². The minimum atomic E-state index is 0.312. The van der Waals surface area contributed by atoms with E-state index in [9.17, 15) is 10.2 Å². The number of aromatic hydroxyl groups is 2. The van der Waals surface area contributed by atoms with Gasteiger partial charge in [0.25, 0.3) is 0 Å². The highest BCUT2D eigenvalue weighted by atomic mass is 16.3. The van der Waals surface area contributed by atoms with Crippen LogP contribution in [0.3, 0.4) is 0 Å². The van der Waals surface area contributed by atoms with Crippen molar-refractivity contribution in [3.05, 3.63) is 59.7 Å². The lowest BCUT2D eigenvalue weighted by atomic mass is 9.82. The molecular formula is C18H22O2. The molecule has 0 spiro atoms. The second-order valence-electron chi connectivity index (χ2n) is 5.45. The number of benzene rings is 2. The maximum Gasteiger partial charge on any atom is 0.115 e. The number of hydrogen-bond donors (Lipinski definition) is 2. The number of phenols is 2. The first-order valence-corrected chi connectivity index (χ1v) is 7.17. The van der Waals surface area contributed by atoms with E-state index in [1.165, 1.54) is 11.1 Å². The van der Waals surface area contributed by atoms with Crippen molar-refractivity contribution in [2.45, 2.75) is 32.6 Å². The molecule has 0 heterocycles. The molecule has 0 saturated heterocycles. The first-order chi connectivity index (χ1) is 9.60. The van der Waals surface area contributed by atoms with Crippen LogP contribution in [-0.2, 0) is 6.42 Å². The first-order valence-electron chi connectivity index (χ1n) is 7.17. The van der Waals surface area contributed by atoms with Crippen LogP contribution >= 0.6 is 0 Å². The largest absolute Gasteiger partial charge is 0.508 e. The molecule has 2 aromatic rings. The third-order valence-electron chi connectivity index (χ3n) is 3.94. The van der Waals surface area contributed by atoms with Crippen LogP contribution in [0.1, 0.15) is 37.3 Å². The average molecular weight is 270 g/mol. The van der Waals surface area contributed by atoms with E-state index in [1.54, 1.807) is 24.3 Å². The first kappa shape index (κ1) is 14.4. The average Bonchev–Trinajstić information content (AvgIpc) is 2.44. The summed E-state index contributed by atoms with van der Waals surface area (Å²) in [7, 11) is 0. The van der Waals surface area contributed by atoms with E-state index in [1.807, 2.05) is 24.3 Å². The zero-order valence-electron chi connectivity index (χ0n) is 12.1. The van der Waals surface area contributed by atoms with Gasteiger partial charge in [0, 0.05) is 0 Å². The second-order valence-corrected chi connectivity index (χ2v) is 5.45. The summed E-state index contributed by atoms with van der Waals surface area (Å²) < 4.78 is 0. The van der Waals surface area contributed by atoms with Crippen molar-refractivity contribution < 1.29 is 10.2 Å². The quantitative estimate of drug-likeness (QED) is 0.841. The van der Waals surface area contributed by atoms with E-state index >= 15 is 0 Å². The van der Waals surface area contributed by atoms with Gasteiger partial charge in [-0.2, -0.15) is 0 Å². The van der Waals surface area contributed by atoms with Crippen molar-refractivity contribution in [3.63, 3.8) is 0 Å².